The van der Waals surface area contributed by atoms with Crippen molar-refractivity contribution in [2.45, 2.75) is 0 Å². The summed E-state index contributed by atoms with van der Waals surface area (Å²) in [5.74, 6) is 0.796. The van der Waals surface area contributed by atoms with Crippen molar-refractivity contribution in [1.29, 1.82) is 0 Å². The summed E-state index contributed by atoms with van der Waals surface area (Å²) in [6.45, 7) is 0. The van der Waals surface area contributed by atoms with E-state index < -0.39 is 0 Å². The van der Waals surface area contributed by atoms with Gasteiger partial charge < -0.3 is 16.2 Å². The number of hydrogen-bond donors (Lipinski definition) is 2. The van der Waals surface area contributed by atoms with Crippen LogP contribution in [-0.2, 0) is 0 Å². The summed E-state index contributed by atoms with van der Waals surface area (Å²) < 4.78 is 5.14. The number of nitrogens with two attached hydrogens (primary N) is 2. The number of anilines is 2. The first-order chi connectivity index (χ1) is 9.69. The minimum atomic E-state index is 0.160. The Morgan fingerprint density at radius 2 is 1.95 bits per heavy atom. The van der Waals surface area contributed by atoms with Crippen LogP contribution >= 0.6 is 0 Å². The molecule has 0 atom stereocenters. The average Bonchev–Trinajstić information content (AvgIpc) is 2.48. The molecule has 7 heteroatoms. The fourth-order valence-corrected chi connectivity index (χ4v) is 1.93. The van der Waals surface area contributed by atoms with Gasteiger partial charge in [0.1, 0.15) is 11.4 Å². The van der Waals surface area contributed by atoms with Crippen LogP contribution in [0.2, 0.25) is 0 Å². The van der Waals surface area contributed by atoms with Crippen molar-refractivity contribution in [3.63, 3.8) is 0 Å². The maximum atomic E-state index is 5.92. The van der Waals surface area contributed by atoms with Crippen molar-refractivity contribution in [3.05, 3.63) is 30.7 Å². The number of methoxy groups -OCH3 is 1. The van der Waals surface area contributed by atoms with Crippen molar-refractivity contribution in [3.8, 4) is 17.0 Å². The number of ether oxygens (including phenoxy) is 1. The Kier molecular flexibility index (Phi) is 2.79. The molecule has 3 rings (SSSR count). The summed E-state index contributed by atoms with van der Waals surface area (Å²) in [7, 11) is 1.58. The molecule has 0 unspecified atom stereocenters. The first kappa shape index (κ1) is 12.1. The summed E-state index contributed by atoms with van der Waals surface area (Å²) in [6.07, 6.45) is 4.76. The van der Waals surface area contributed by atoms with Gasteiger partial charge in [0.05, 0.1) is 36.2 Å². The first-order valence-corrected chi connectivity index (χ1v) is 5.86. The molecule has 0 aliphatic carbocycles. The van der Waals surface area contributed by atoms with Gasteiger partial charge in [-0.3, -0.25) is 9.97 Å². The summed E-state index contributed by atoms with van der Waals surface area (Å²) >= 11 is 0. The molecule has 7 nitrogen and oxygen atoms in total. The molecule has 0 aromatic carbocycles. The molecular weight excluding hydrogens is 256 g/mol. The highest BCUT2D eigenvalue weighted by atomic mass is 16.5. The summed E-state index contributed by atoms with van der Waals surface area (Å²) in [5.41, 5.74) is 14.6. The molecule has 3 heterocycles. The Morgan fingerprint density at radius 1 is 1.10 bits per heavy atom. The number of nitrogens with zero attached hydrogens (tertiary/aromatic N) is 4. The van der Waals surface area contributed by atoms with Crippen LogP contribution in [0.15, 0.2) is 30.7 Å². The van der Waals surface area contributed by atoms with E-state index in [0.29, 0.717) is 28.2 Å². The van der Waals surface area contributed by atoms with Crippen molar-refractivity contribution in [1.82, 2.24) is 19.9 Å². The molecule has 0 fully saturated rings. The third kappa shape index (κ3) is 1.95. The lowest BCUT2D eigenvalue weighted by Gasteiger charge is -2.08. The molecule has 0 aliphatic rings. The highest BCUT2D eigenvalue weighted by molar-refractivity contribution is 5.93. The Morgan fingerprint density at radius 3 is 2.75 bits per heavy atom. The van der Waals surface area contributed by atoms with E-state index in [0.717, 1.165) is 5.56 Å². The van der Waals surface area contributed by atoms with Gasteiger partial charge in [-0.25, -0.2) is 9.97 Å². The molecule has 4 N–H and O–H groups in total. The minimum absolute atomic E-state index is 0.160. The molecule has 0 radical (unpaired) electrons. The van der Waals surface area contributed by atoms with E-state index >= 15 is 0 Å². The van der Waals surface area contributed by atoms with Crippen LogP contribution in [0.1, 0.15) is 0 Å². The van der Waals surface area contributed by atoms with E-state index in [1.54, 1.807) is 31.6 Å². The Balaban J connectivity index is 2.28. The summed E-state index contributed by atoms with van der Waals surface area (Å²) in [6, 6.07) is 3.59. The van der Waals surface area contributed by atoms with Crippen LogP contribution in [0.4, 0.5) is 11.6 Å². The van der Waals surface area contributed by atoms with Crippen molar-refractivity contribution < 1.29 is 4.74 Å². The van der Waals surface area contributed by atoms with E-state index in [1.807, 2.05) is 0 Å². The number of aromatic nitrogens is 4. The number of pyridine rings is 2. The predicted octanol–water partition coefficient (Wildman–Crippen LogP) is 1.26. The van der Waals surface area contributed by atoms with Gasteiger partial charge >= 0.3 is 0 Å². The van der Waals surface area contributed by atoms with Gasteiger partial charge in [0.15, 0.2) is 0 Å². The SMILES string of the molecule is COc1cnc2c(-c3nc(N)ncc3N)ccnc2c1. The van der Waals surface area contributed by atoms with Crippen LogP contribution < -0.4 is 16.2 Å². The average molecular weight is 268 g/mol. The second-order valence-electron chi connectivity index (χ2n) is 4.13. The largest absolute Gasteiger partial charge is 0.495 e. The van der Waals surface area contributed by atoms with Gasteiger partial charge in [-0.15, -0.1) is 0 Å². The molecule has 0 saturated carbocycles. The van der Waals surface area contributed by atoms with Crippen molar-refractivity contribution >= 4 is 22.7 Å². The number of rotatable bonds is 2. The molecular formula is C13H12N6O. The number of fused-ring (bicyclic) bond motifs is 1. The summed E-state index contributed by atoms with van der Waals surface area (Å²) in [5, 5.41) is 0. The maximum Gasteiger partial charge on any atom is 0.220 e. The molecule has 0 saturated heterocycles. The van der Waals surface area contributed by atoms with E-state index in [2.05, 4.69) is 19.9 Å². The smallest absolute Gasteiger partial charge is 0.220 e. The molecule has 3 aromatic heterocycles. The van der Waals surface area contributed by atoms with Gasteiger partial charge in [0.2, 0.25) is 5.95 Å². The van der Waals surface area contributed by atoms with Gasteiger partial charge in [-0.2, -0.15) is 0 Å². The zero-order chi connectivity index (χ0) is 14.1. The van der Waals surface area contributed by atoms with E-state index in [4.69, 9.17) is 16.2 Å². The third-order valence-electron chi connectivity index (χ3n) is 2.88. The highest BCUT2D eigenvalue weighted by Crippen LogP contribution is 2.29. The predicted molar refractivity (Wildman–Crippen MR) is 75.9 cm³/mol. The maximum absolute atomic E-state index is 5.92. The van der Waals surface area contributed by atoms with Gasteiger partial charge in [0, 0.05) is 17.8 Å². The molecule has 3 aromatic rings. The lowest BCUT2D eigenvalue weighted by Crippen LogP contribution is -2.01. The van der Waals surface area contributed by atoms with E-state index in [9.17, 15) is 0 Å². The molecule has 0 bridgehead atoms. The summed E-state index contributed by atoms with van der Waals surface area (Å²) in [4.78, 5) is 16.7. The number of nitrogen functional groups attached to an aromatic ring is 2. The van der Waals surface area contributed by atoms with Crippen LogP contribution in [0, 0.1) is 0 Å². The topological polar surface area (TPSA) is 113 Å². The molecule has 0 amide bonds. The van der Waals surface area contributed by atoms with E-state index in [1.165, 1.54) is 6.20 Å². The van der Waals surface area contributed by atoms with Gasteiger partial charge in [0.25, 0.3) is 0 Å². The second-order valence-corrected chi connectivity index (χ2v) is 4.13. The van der Waals surface area contributed by atoms with Crippen LogP contribution in [0.25, 0.3) is 22.3 Å². The fraction of sp³-hybridized carbons (Fsp3) is 0.0769. The van der Waals surface area contributed by atoms with Crippen molar-refractivity contribution in [2.24, 2.45) is 0 Å². The zero-order valence-electron chi connectivity index (χ0n) is 10.7. The van der Waals surface area contributed by atoms with E-state index in [-0.39, 0.29) is 5.95 Å². The van der Waals surface area contributed by atoms with Gasteiger partial charge in [-0.1, -0.05) is 0 Å². The fourth-order valence-electron chi connectivity index (χ4n) is 1.93. The monoisotopic (exact) mass is 268 g/mol. The zero-order valence-corrected chi connectivity index (χ0v) is 10.7. The molecule has 0 spiro atoms. The number of hydrogen-bond acceptors (Lipinski definition) is 7. The lowest BCUT2D eigenvalue weighted by atomic mass is 10.1. The highest BCUT2D eigenvalue weighted by Gasteiger charge is 2.12. The van der Waals surface area contributed by atoms with Crippen LogP contribution in [-0.4, -0.2) is 27.0 Å². The lowest BCUT2D eigenvalue weighted by molar-refractivity contribution is 0.413. The second kappa shape index (κ2) is 4.61. The van der Waals surface area contributed by atoms with Crippen LogP contribution in [0.3, 0.4) is 0 Å². The first-order valence-electron chi connectivity index (χ1n) is 5.86. The third-order valence-corrected chi connectivity index (χ3v) is 2.88. The Labute approximate surface area is 114 Å². The molecule has 20 heavy (non-hydrogen) atoms. The Bertz CT molecular complexity index is 789. The van der Waals surface area contributed by atoms with Crippen molar-refractivity contribution in [2.75, 3.05) is 18.6 Å². The minimum Gasteiger partial charge on any atom is -0.495 e. The Hall–Kier alpha value is -2.96. The van der Waals surface area contributed by atoms with Crippen LogP contribution in [0.5, 0.6) is 5.75 Å². The standard InChI is InChI=1S/C13H12N6O/c1-20-7-4-10-12(17-5-7)8(2-3-16-10)11-9(14)6-18-13(15)19-11/h2-6H,14H2,1H3,(H2,15,18,19). The van der Waals surface area contributed by atoms with Gasteiger partial charge in [-0.05, 0) is 6.07 Å². The normalized spacial score (nSPS) is 10.7. The molecule has 0 aliphatic heterocycles. The quantitative estimate of drug-likeness (QED) is 0.719. The molecule has 100 valence electrons.